The van der Waals surface area contributed by atoms with Crippen LogP contribution in [-0.2, 0) is 4.79 Å². The van der Waals surface area contributed by atoms with Gasteiger partial charge in [-0.3, -0.25) is 4.79 Å². The lowest BCUT2D eigenvalue weighted by Gasteiger charge is -1.92. The number of rotatable bonds is 1. The molecule has 0 spiro atoms. The number of anilines is 1. The SMILES string of the molecule is CC(=O)NCC#Cc1ccc2sc(N)nc2c1. The molecule has 0 fully saturated rings. The van der Waals surface area contributed by atoms with Crippen LogP contribution in [0.15, 0.2) is 18.2 Å². The Balaban J connectivity index is 2.16. The number of aromatic nitrogens is 1. The third kappa shape index (κ3) is 2.95. The van der Waals surface area contributed by atoms with Gasteiger partial charge < -0.3 is 11.1 Å². The molecule has 4 nitrogen and oxygen atoms in total. The molecule has 0 aliphatic rings. The molecule has 0 aliphatic carbocycles. The van der Waals surface area contributed by atoms with E-state index in [-0.39, 0.29) is 5.91 Å². The summed E-state index contributed by atoms with van der Waals surface area (Å²) in [5.41, 5.74) is 7.35. The molecule has 86 valence electrons. The maximum Gasteiger partial charge on any atom is 0.217 e. The lowest BCUT2D eigenvalue weighted by Crippen LogP contribution is -2.19. The molecule has 0 radical (unpaired) electrons. The van der Waals surface area contributed by atoms with Crippen molar-refractivity contribution in [2.45, 2.75) is 6.92 Å². The van der Waals surface area contributed by atoms with E-state index in [0.717, 1.165) is 15.8 Å². The molecule has 0 saturated carbocycles. The van der Waals surface area contributed by atoms with Crippen molar-refractivity contribution in [1.29, 1.82) is 0 Å². The molecular formula is C12H11N3OS. The zero-order valence-electron chi connectivity index (χ0n) is 9.28. The number of nitrogens with zero attached hydrogens (tertiary/aromatic N) is 1. The van der Waals surface area contributed by atoms with Crippen molar-refractivity contribution in [3.63, 3.8) is 0 Å². The van der Waals surface area contributed by atoms with Crippen molar-refractivity contribution < 1.29 is 4.79 Å². The minimum Gasteiger partial charge on any atom is -0.375 e. The van der Waals surface area contributed by atoms with Crippen LogP contribution >= 0.6 is 11.3 Å². The summed E-state index contributed by atoms with van der Waals surface area (Å²) in [6.45, 7) is 1.82. The van der Waals surface area contributed by atoms with Crippen molar-refractivity contribution >= 4 is 32.6 Å². The van der Waals surface area contributed by atoms with Crippen LogP contribution in [0.3, 0.4) is 0 Å². The number of carbonyl (C=O) groups excluding carboxylic acids is 1. The van der Waals surface area contributed by atoms with Crippen LogP contribution in [0.5, 0.6) is 0 Å². The number of thiazole rings is 1. The number of carbonyl (C=O) groups is 1. The monoisotopic (exact) mass is 245 g/mol. The minimum absolute atomic E-state index is 0.0815. The second-order valence-corrected chi connectivity index (χ2v) is 4.51. The number of nitrogen functional groups attached to an aromatic ring is 1. The van der Waals surface area contributed by atoms with Crippen LogP contribution < -0.4 is 11.1 Å². The van der Waals surface area contributed by atoms with Gasteiger partial charge in [-0.2, -0.15) is 0 Å². The zero-order chi connectivity index (χ0) is 12.3. The zero-order valence-corrected chi connectivity index (χ0v) is 10.1. The highest BCUT2D eigenvalue weighted by molar-refractivity contribution is 7.22. The summed E-state index contributed by atoms with van der Waals surface area (Å²) < 4.78 is 1.05. The minimum atomic E-state index is -0.0815. The molecule has 0 unspecified atom stereocenters. The largest absolute Gasteiger partial charge is 0.375 e. The van der Waals surface area contributed by atoms with Gasteiger partial charge in [0.15, 0.2) is 5.13 Å². The van der Waals surface area contributed by atoms with Crippen LogP contribution in [0.2, 0.25) is 0 Å². The average molecular weight is 245 g/mol. The highest BCUT2D eigenvalue weighted by Crippen LogP contribution is 2.23. The van der Waals surface area contributed by atoms with Crippen LogP contribution in [0, 0.1) is 11.8 Å². The molecule has 0 bridgehead atoms. The van der Waals surface area contributed by atoms with Crippen molar-refractivity contribution in [2.75, 3.05) is 12.3 Å². The Kier molecular flexibility index (Phi) is 3.26. The molecule has 0 aliphatic heterocycles. The van der Waals surface area contributed by atoms with Crippen molar-refractivity contribution in [3.8, 4) is 11.8 Å². The van der Waals surface area contributed by atoms with E-state index >= 15 is 0 Å². The number of nitrogens with two attached hydrogens (primary N) is 1. The predicted octanol–water partition coefficient (Wildman–Crippen LogP) is 1.37. The number of amides is 1. The van der Waals surface area contributed by atoms with Crippen LogP contribution in [-0.4, -0.2) is 17.4 Å². The van der Waals surface area contributed by atoms with Gasteiger partial charge in [-0.1, -0.05) is 23.2 Å². The quantitative estimate of drug-likeness (QED) is 0.745. The third-order valence-corrected chi connectivity index (χ3v) is 2.93. The highest BCUT2D eigenvalue weighted by Gasteiger charge is 2.00. The smallest absolute Gasteiger partial charge is 0.217 e. The van der Waals surface area contributed by atoms with E-state index in [0.29, 0.717) is 11.7 Å². The summed E-state index contributed by atoms with van der Waals surface area (Å²) in [6.07, 6.45) is 0. The Morgan fingerprint density at radius 3 is 3.18 bits per heavy atom. The van der Waals surface area contributed by atoms with E-state index in [1.54, 1.807) is 0 Å². The first-order valence-corrected chi connectivity index (χ1v) is 5.86. The Labute approximate surface area is 103 Å². The summed E-state index contributed by atoms with van der Waals surface area (Å²) in [7, 11) is 0. The Bertz CT molecular complexity index is 621. The molecule has 2 rings (SSSR count). The van der Waals surface area contributed by atoms with Gasteiger partial charge in [0, 0.05) is 12.5 Å². The fourth-order valence-electron chi connectivity index (χ4n) is 1.34. The third-order valence-electron chi connectivity index (χ3n) is 2.06. The van der Waals surface area contributed by atoms with Gasteiger partial charge in [-0.25, -0.2) is 4.98 Å². The standard InChI is InChI=1S/C12H11N3OS/c1-8(16)14-6-2-3-9-4-5-11-10(7-9)15-12(13)17-11/h4-5,7H,6H2,1H3,(H2,13,15)(H,14,16). The fourth-order valence-corrected chi connectivity index (χ4v) is 2.05. The first-order chi connectivity index (χ1) is 8.15. The Morgan fingerprint density at radius 2 is 2.41 bits per heavy atom. The van der Waals surface area contributed by atoms with Crippen LogP contribution in [0.1, 0.15) is 12.5 Å². The molecule has 5 heteroatoms. The van der Waals surface area contributed by atoms with Crippen molar-refractivity contribution in [2.24, 2.45) is 0 Å². The molecule has 3 N–H and O–H groups in total. The number of benzene rings is 1. The van der Waals surface area contributed by atoms with E-state index in [9.17, 15) is 4.79 Å². The van der Waals surface area contributed by atoms with E-state index < -0.39 is 0 Å². The van der Waals surface area contributed by atoms with Gasteiger partial charge >= 0.3 is 0 Å². The van der Waals surface area contributed by atoms with Gasteiger partial charge in [0.05, 0.1) is 16.8 Å². The van der Waals surface area contributed by atoms with Gasteiger partial charge in [-0.05, 0) is 18.2 Å². The van der Waals surface area contributed by atoms with Crippen molar-refractivity contribution in [3.05, 3.63) is 23.8 Å². The van der Waals surface area contributed by atoms with Gasteiger partial charge in [0.1, 0.15) is 0 Å². The summed E-state index contributed by atoms with van der Waals surface area (Å²) >= 11 is 1.45. The number of nitrogens with one attached hydrogen (secondary N) is 1. The van der Waals surface area contributed by atoms with Gasteiger partial charge in [0.25, 0.3) is 0 Å². The molecule has 0 saturated heterocycles. The molecule has 0 atom stereocenters. The van der Waals surface area contributed by atoms with E-state index in [2.05, 4.69) is 22.1 Å². The lowest BCUT2D eigenvalue weighted by molar-refractivity contribution is -0.118. The Morgan fingerprint density at radius 1 is 1.59 bits per heavy atom. The molecule has 2 aromatic rings. The predicted molar refractivity (Wildman–Crippen MR) is 69.6 cm³/mol. The number of hydrogen-bond acceptors (Lipinski definition) is 4. The summed E-state index contributed by atoms with van der Waals surface area (Å²) in [5, 5.41) is 3.17. The van der Waals surface area contributed by atoms with E-state index in [4.69, 9.17) is 5.73 Å². The maximum absolute atomic E-state index is 10.6. The van der Waals surface area contributed by atoms with Crippen LogP contribution in [0.25, 0.3) is 10.2 Å². The topological polar surface area (TPSA) is 68.0 Å². The summed E-state index contributed by atoms with van der Waals surface area (Å²) in [5.74, 6) is 5.75. The normalized spacial score (nSPS) is 9.71. The van der Waals surface area contributed by atoms with E-state index in [1.807, 2.05) is 18.2 Å². The van der Waals surface area contributed by atoms with Gasteiger partial charge in [0.2, 0.25) is 5.91 Å². The lowest BCUT2D eigenvalue weighted by atomic mass is 10.2. The summed E-state index contributed by atoms with van der Waals surface area (Å²) in [4.78, 5) is 14.8. The first kappa shape index (κ1) is 11.4. The van der Waals surface area contributed by atoms with Gasteiger partial charge in [-0.15, -0.1) is 0 Å². The first-order valence-electron chi connectivity index (χ1n) is 5.04. The molecule has 1 aromatic carbocycles. The Hall–Kier alpha value is -2.06. The second kappa shape index (κ2) is 4.85. The van der Waals surface area contributed by atoms with E-state index in [1.165, 1.54) is 18.3 Å². The molecule has 1 heterocycles. The van der Waals surface area contributed by atoms with Crippen molar-refractivity contribution in [1.82, 2.24) is 10.3 Å². The fraction of sp³-hybridized carbons (Fsp3) is 0.167. The maximum atomic E-state index is 10.6. The average Bonchev–Trinajstić information content (AvgIpc) is 2.63. The molecule has 1 amide bonds. The molecular weight excluding hydrogens is 234 g/mol. The second-order valence-electron chi connectivity index (χ2n) is 3.45. The number of hydrogen-bond donors (Lipinski definition) is 2. The number of fused-ring (bicyclic) bond motifs is 1. The van der Waals surface area contributed by atoms with Crippen LogP contribution in [0.4, 0.5) is 5.13 Å². The summed E-state index contributed by atoms with van der Waals surface area (Å²) in [6, 6.07) is 5.76. The highest BCUT2D eigenvalue weighted by atomic mass is 32.1. The molecule has 1 aromatic heterocycles. The molecule has 17 heavy (non-hydrogen) atoms.